The van der Waals surface area contributed by atoms with Crippen LogP contribution in [0.25, 0.3) is 0 Å². The summed E-state index contributed by atoms with van der Waals surface area (Å²) in [4.78, 5) is 17.0. The molecule has 0 bridgehead atoms. The van der Waals surface area contributed by atoms with Gasteiger partial charge in [0.1, 0.15) is 0 Å². The highest BCUT2D eigenvalue weighted by molar-refractivity contribution is 5.77. The van der Waals surface area contributed by atoms with E-state index in [9.17, 15) is 4.79 Å². The van der Waals surface area contributed by atoms with Gasteiger partial charge in [0.15, 0.2) is 0 Å². The summed E-state index contributed by atoms with van der Waals surface area (Å²) in [5.74, 6) is 0.931. The van der Waals surface area contributed by atoms with Crippen LogP contribution in [0.5, 0.6) is 0 Å². The van der Waals surface area contributed by atoms with Crippen molar-refractivity contribution in [3.05, 3.63) is 17.5 Å². The fourth-order valence-corrected chi connectivity index (χ4v) is 3.94. The molecule has 2 saturated heterocycles. The van der Waals surface area contributed by atoms with Gasteiger partial charge in [-0.2, -0.15) is 5.10 Å². The molecule has 1 aromatic rings. The fourth-order valence-electron chi connectivity index (χ4n) is 3.94. The second-order valence-corrected chi connectivity index (χ2v) is 7.31. The lowest BCUT2D eigenvalue weighted by molar-refractivity contribution is -0.138. The van der Waals surface area contributed by atoms with E-state index < -0.39 is 0 Å². The zero-order valence-electron chi connectivity index (χ0n) is 14.8. The molecule has 0 radical (unpaired) electrons. The Hall–Kier alpha value is -1.36. The lowest BCUT2D eigenvalue weighted by Crippen LogP contribution is -2.51. The molecule has 5 heteroatoms. The third kappa shape index (κ3) is 3.77. The Morgan fingerprint density at radius 2 is 1.96 bits per heavy atom. The first kappa shape index (κ1) is 16.5. The summed E-state index contributed by atoms with van der Waals surface area (Å²) in [5, 5.41) is 4.54. The molecule has 3 heterocycles. The number of aromatic nitrogens is 2. The summed E-state index contributed by atoms with van der Waals surface area (Å²) in [5.41, 5.74) is 2.26. The van der Waals surface area contributed by atoms with Gasteiger partial charge in [0.25, 0.3) is 0 Å². The molecule has 5 nitrogen and oxygen atoms in total. The van der Waals surface area contributed by atoms with Gasteiger partial charge < -0.3 is 9.80 Å². The SMILES string of the molecule is CCCN1CCC(CC(=O)N2CC(n3nc(C)cc3C)C2)CC1. The van der Waals surface area contributed by atoms with Crippen LogP contribution in [-0.4, -0.2) is 58.2 Å². The molecule has 23 heavy (non-hydrogen) atoms. The van der Waals surface area contributed by atoms with E-state index in [0.717, 1.165) is 25.2 Å². The van der Waals surface area contributed by atoms with Gasteiger partial charge in [-0.15, -0.1) is 0 Å². The maximum atomic E-state index is 12.5. The summed E-state index contributed by atoms with van der Waals surface area (Å²) in [7, 11) is 0. The first-order valence-corrected chi connectivity index (χ1v) is 9.09. The number of likely N-dealkylation sites (tertiary alicyclic amines) is 2. The van der Waals surface area contributed by atoms with Crippen LogP contribution < -0.4 is 0 Å². The van der Waals surface area contributed by atoms with Crippen LogP contribution in [0.1, 0.15) is 50.0 Å². The molecular formula is C18H30N4O. The van der Waals surface area contributed by atoms with Crippen LogP contribution in [-0.2, 0) is 4.79 Å². The molecule has 0 aromatic carbocycles. The number of amides is 1. The minimum atomic E-state index is 0.344. The number of piperidine rings is 1. The molecular weight excluding hydrogens is 288 g/mol. The van der Waals surface area contributed by atoms with Crippen molar-refractivity contribution in [3.8, 4) is 0 Å². The molecule has 1 amide bonds. The highest BCUT2D eigenvalue weighted by Gasteiger charge is 2.34. The second kappa shape index (κ2) is 7.04. The summed E-state index contributed by atoms with van der Waals surface area (Å²) in [6.45, 7) is 11.5. The molecule has 2 aliphatic heterocycles. The van der Waals surface area contributed by atoms with Crippen molar-refractivity contribution in [2.45, 2.75) is 52.5 Å². The predicted octanol–water partition coefficient (Wildman–Crippen LogP) is 2.40. The van der Waals surface area contributed by atoms with Gasteiger partial charge in [-0.05, 0) is 64.7 Å². The number of nitrogens with zero attached hydrogens (tertiary/aromatic N) is 4. The van der Waals surface area contributed by atoms with Crippen molar-refractivity contribution in [2.75, 3.05) is 32.7 Å². The molecule has 2 aliphatic rings. The van der Waals surface area contributed by atoms with Crippen LogP contribution >= 0.6 is 0 Å². The number of carbonyl (C=O) groups is 1. The number of rotatable bonds is 5. The zero-order valence-corrected chi connectivity index (χ0v) is 14.8. The molecule has 0 N–H and O–H groups in total. The molecule has 128 valence electrons. The van der Waals surface area contributed by atoms with E-state index in [-0.39, 0.29) is 0 Å². The molecule has 0 saturated carbocycles. The monoisotopic (exact) mass is 318 g/mol. The summed E-state index contributed by atoms with van der Waals surface area (Å²) < 4.78 is 2.09. The van der Waals surface area contributed by atoms with Crippen molar-refractivity contribution in [1.82, 2.24) is 19.6 Å². The molecule has 0 aliphatic carbocycles. The Labute approximate surface area is 139 Å². The van der Waals surface area contributed by atoms with Gasteiger partial charge >= 0.3 is 0 Å². The standard InChI is InChI=1S/C18H30N4O/c1-4-7-20-8-5-16(6-9-20)11-18(23)21-12-17(13-21)22-15(3)10-14(2)19-22/h10,16-17H,4-9,11-13H2,1-3H3. The zero-order chi connectivity index (χ0) is 16.4. The van der Waals surface area contributed by atoms with Crippen molar-refractivity contribution < 1.29 is 4.79 Å². The van der Waals surface area contributed by atoms with Gasteiger partial charge in [0, 0.05) is 25.2 Å². The van der Waals surface area contributed by atoms with Gasteiger partial charge in [-0.25, -0.2) is 0 Å². The molecule has 0 atom stereocenters. The van der Waals surface area contributed by atoms with Crippen LogP contribution in [0.4, 0.5) is 0 Å². The molecule has 0 unspecified atom stereocenters. The van der Waals surface area contributed by atoms with Gasteiger partial charge in [-0.3, -0.25) is 9.48 Å². The molecule has 3 rings (SSSR count). The lowest BCUT2D eigenvalue weighted by Gasteiger charge is -2.41. The summed E-state index contributed by atoms with van der Waals surface area (Å²) in [6.07, 6.45) is 4.33. The van der Waals surface area contributed by atoms with E-state index in [2.05, 4.69) is 34.6 Å². The number of carbonyl (C=O) groups excluding carboxylic acids is 1. The van der Waals surface area contributed by atoms with Crippen LogP contribution in [0.2, 0.25) is 0 Å². The Morgan fingerprint density at radius 1 is 1.26 bits per heavy atom. The van der Waals surface area contributed by atoms with Crippen LogP contribution in [0, 0.1) is 19.8 Å². The number of hydrogen-bond acceptors (Lipinski definition) is 3. The van der Waals surface area contributed by atoms with Crippen molar-refractivity contribution >= 4 is 5.91 Å². The minimum Gasteiger partial charge on any atom is -0.338 e. The Kier molecular flexibility index (Phi) is 5.05. The lowest BCUT2D eigenvalue weighted by atomic mass is 9.92. The average molecular weight is 318 g/mol. The van der Waals surface area contributed by atoms with E-state index in [0.29, 0.717) is 17.9 Å². The predicted molar refractivity (Wildman–Crippen MR) is 91.4 cm³/mol. The van der Waals surface area contributed by atoms with E-state index in [1.807, 2.05) is 11.8 Å². The number of hydrogen-bond donors (Lipinski definition) is 0. The average Bonchev–Trinajstić information content (AvgIpc) is 2.78. The summed E-state index contributed by atoms with van der Waals surface area (Å²) in [6, 6.07) is 2.48. The highest BCUT2D eigenvalue weighted by Crippen LogP contribution is 2.27. The van der Waals surface area contributed by atoms with Crippen molar-refractivity contribution in [3.63, 3.8) is 0 Å². The Balaban J connectivity index is 1.42. The van der Waals surface area contributed by atoms with Crippen LogP contribution in [0.15, 0.2) is 6.07 Å². The van der Waals surface area contributed by atoms with Crippen molar-refractivity contribution in [2.24, 2.45) is 5.92 Å². The van der Waals surface area contributed by atoms with E-state index >= 15 is 0 Å². The number of aryl methyl sites for hydroxylation is 2. The highest BCUT2D eigenvalue weighted by atomic mass is 16.2. The van der Waals surface area contributed by atoms with Gasteiger partial charge in [0.2, 0.25) is 5.91 Å². The first-order valence-electron chi connectivity index (χ1n) is 9.09. The maximum Gasteiger partial charge on any atom is 0.222 e. The largest absolute Gasteiger partial charge is 0.338 e. The second-order valence-electron chi connectivity index (χ2n) is 7.31. The minimum absolute atomic E-state index is 0.344. The van der Waals surface area contributed by atoms with Gasteiger partial charge in [-0.1, -0.05) is 6.92 Å². The topological polar surface area (TPSA) is 41.4 Å². The smallest absolute Gasteiger partial charge is 0.222 e. The molecule has 0 spiro atoms. The molecule has 2 fully saturated rings. The van der Waals surface area contributed by atoms with E-state index in [4.69, 9.17) is 0 Å². The van der Waals surface area contributed by atoms with Gasteiger partial charge in [0.05, 0.1) is 11.7 Å². The quantitative estimate of drug-likeness (QED) is 0.837. The van der Waals surface area contributed by atoms with E-state index in [1.165, 1.54) is 44.6 Å². The fraction of sp³-hybridized carbons (Fsp3) is 0.778. The Bertz CT molecular complexity index is 539. The first-order chi connectivity index (χ1) is 11.1. The molecule has 1 aromatic heterocycles. The van der Waals surface area contributed by atoms with Crippen molar-refractivity contribution in [1.29, 1.82) is 0 Å². The third-order valence-electron chi connectivity index (χ3n) is 5.32. The van der Waals surface area contributed by atoms with E-state index in [1.54, 1.807) is 0 Å². The normalized spacial score (nSPS) is 20.7. The third-order valence-corrected chi connectivity index (χ3v) is 5.32. The summed E-state index contributed by atoms with van der Waals surface area (Å²) >= 11 is 0. The Morgan fingerprint density at radius 3 is 2.52 bits per heavy atom. The van der Waals surface area contributed by atoms with Crippen LogP contribution in [0.3, 0.4) is 0 Å². The maximum absolute atomic E-state index is 12.5.